The Balaban J connectivity index is 2.43. The highest BCUT2D eigenvalue weighted by Crippen LogP contribution is 2.12. The summed E-state index contributed by atoms with van der Waals surface area (Å²) < 4.78 is 0. The minimum Gasteiger partial charge on any atom is -0.341 e. The number of amides is 2. The lowest BCUT2D eigenvalue weighted by Gasteiger charge is -2.12. The highest BCUT2D eigenvalue weighted by Gasteiger charge is 2.05. The van der Waals surface area contributed by atoms with Crippen LogP contribution in [0.2, 0.25) is 0 Å². The van der Waals surface area contributed by atoms with E-state index >= 15 is 0 Å². The molecule has 3 nitrogen and oxygen atoms in total. The molecule has 1 aromatic carbocycles. The largest absolute Gasteiger partial charge is 0.341 e. The molecule has 1 rings (SSSR count). The van der Waals surface area contributed by atoms with Gasteiger partial charge in [0.2, 0.25) is 0 Å². The Labute approximate surface area is 84.5 Å². The summed E-state index contributed by atoms with van der Waals surface area (Å²) in [6.45, 7) is 2.74. The predicted molar refractivity (Wildman–Crippen MR) is 57.3 cm³/mol. The van der Waals surface area contributed by atoms with Crippen molar-refractivity contribution in [1.82, 2.24) is 10.6 Å². The van der Waals surface area contributed by atoms with Gasteiger partial charge in [0.15, 0.2) is 0 Å². The van der Waals surface area contributed by atoms with Crippen LogP contribution in [0.5, 0.6) is 0 Å². The highest BCUT2D eigenvalue weighted by molar-refractivity contribution is 5.73. The second kappa shape index (κ2) is 5.27. The third-order valence-corrected chi connectivity index (χ3v) is 2.16. The van der Waals surface area contributed by atoms with Gasteiger partial charge in [0.1, 0.15) is 0 Å². The van der Waals surface area contributed by atoms with Gasteiger partial charge in [-0.05, 0) is 11.5 Å². The quantitative estimate of drug-likeness (QED) is 0.752. The summed E-state index contributed by atoms with van der Waals surface area (Å²) in [4.78, 5) is 10.9. The van der Waals surface area contributed by atoms with Crippen LogP contribution >= 0.6 is 0 Å². The van der Waals surface area contributed by atoms with Crippen LogP contribution in [0.3, 0.4) is 0 Å². The fourth-order valence-corrected chi connectivity index (χ4v) is 1.23. The Morgan fingerprint density at radius 1 is 1.36 bits per heavy atom. The number of urea groups is 1. The average molecular weight is 192 g/mol. The van der Waals surface area contributed by atoms with E-state index < -0.39 is 0 Å². The molecule has 2 N–H and O–H groups in total. The maximum absolute atomic E-state index is 10.9. The molecule has 0 aromatic heterocycles. The van der Waals surface area contributed by atoms with E-state index in [4.69, 9.17) is 0 Å². The van der Waals surface area contributed by atoms with Crippen LogP contribution in [0.4, 0.5) is 4.79 Å². The molecule has 0 saturated carbocycles. The number of benzene rings is 1. The number of carbonyl (C=O) groups is 1. The van der Waals surface area contributed by atoms with Crippen LogP contribution < -0.4 is 10.6 Å². The van der Waals surface area contributed by atoms with Gasteiger partial charge in [-0.3, -0.25) is 0 Å². The van der Waals surface area contributed by atoms with Gasteiger partial charge in [0, 0.05) is 13.6 Å². The van der Waals surface area contributed by atoms with Crippen molar-refractivity contribution in [3.8, 4) is 0 Å². The molecular formula is C11H16N2O. The van der Waals surface area contributed by atoms with Crippen molar-refractivity contribution in [1.29, 1.82) is 0 Å². The predicted octanol–water partition coefficient (Wildman–Crippen LogP) is 1.72. The van der Waals surface area contributed by atoms with E-state index in [1.165, 1.54) is 5.56 Å². The van der Waals surface area contributed by atoms with Crippen LogP contribution in [-0.4, -0.2) is 19.6 Å². The molecule has 0 aliphatic rings. The van der Waals surface area contributed by atoms with Crippen molar-refractivity contribution in [3.63, 3.8) is 0 Å². The third kappa shape index (κ3) is 3.09. The van der Waals surface area contributed by atoms with Crippen LogP contribution in [0, 0.1) is 0 Å². The topological polar surface area (TPSA) is 41.1 Å². The summed E-state index contributed by atoms with van der Waals surface area (Å²) in [5.41, 5.74) is 1.24. The summed E-state index contributed by atoms with van der Waals surface area (Å²) in [6.07, 6.45) is 0. The van der Waals surface area contributed by atoms with E-state index in [9.17, 15) is 4.79 Å². The molecule has 0 fully saturated rings. The first-order valence-corrected chi connectivity index (χ1v) is 4.74. The minimum atomic E-state index is -0.132. The molecule has 0 aliphatic heterocycles. The maximum Gasteiger partial charge on any atom is 0.314 e. The first kappa shape index (κ1) is 10.6. The molecule has 0 bridgehead atoms. The molecular weight excluding hydrogens is 176 g/mol. The van der Waals surface area contributed by atoms with E-state index in [0.717, 1.165) is 0 Å². The van der Waals surface area contributed by atoms with Crippen molar-refractivity contribution in [3.05, 3.63) is 35.9 Å². The number of hydrogen-bond acceptors (Lipinski definition) is 1. The van der Waals surface area contributed by atoms with E-state index in [0.29, 0.717) is 12.5 Å². The number of carbonyl (C=O) groups excluding carboxylic acids is 1. The Morgan fingerprint density at radius 3 is 2.57 bits per heavy atom. The average Bonchev–Trinajstić information content (AvgIpc) is 2.26. The second-order valence-corrected chi connectivity index (χ2v) is 3.27. The summed E-state index contributed by atoms with van der Waals surface area (Å²) in [5, 5.41) is 5.30. The first-order valence-electron chi connectivity index (χ1n) is 4.74. The molecule has 0 aliphatic carbocycles. The van der Waals surface area contributed by atoms with Gasteiger partial charge in [-0.15, -0.1) is 0 Å². The molecule has 1 atom stereocenters. The highest BCUT2D eigenvalue weighted by atomic mass is 16.2. The number of hydrogen-bond donors (Lipinski definition) is 2. The lowest BCUT2D eigenvalue weighted by molar-refractivity contribution is 0.242. The molecule has 3 heteroatoms. The van der Waals surface area contributed by atoms with Gasteiger partial charge < -0.3 is 10.6 Å². The number of nitrogens with one attached hydrogen (secondary N) is 2. The monoisotopic (exact) mass is 192 g/mol. The molecule has 0 saturated heterocycles. The van der Waals surface area contributed by atoms with Crippen molar-refractivity contribution in [2.75, 3.05) is 13.6 Å². The SMILES string of the molecule is CNC(=O)NCC(C)c1ccccc1. The zero-order chi connectivity index (χ0) is 10.4. The van der Waals surface area contributed by atoms with Crippen LogP contribution in [0.15, 0.2) is 30.3 Å². The van der Waals surface area contributed by atoms with Crippen molar-refractivity contribution < 1.29 is 4.79 Å². The summed E-state index contributed by atoms with van der Waals surface area (Å²) in [5.74, 6) is 0.341. The molecule has 2 amide bonds. The number of rotatable bonds is 3. The smallest absolute Gasteiger partial charge is 0.314 e. The lowest BCUT2D eigenvalue weighted by atomic mass is 10.0. The summed E-state index contributed by atoms with van der Waals surface area (Å²) in [7, 11) is 1.61. The molecule has 0 heterocycles. The molecule has 1 unspecified atom stereocenters. The summed E-state index contributed by atoms with van der Waals surface area (Å²) >= 11 is 0. The van der Waals surface area contributed by atoms with Gasteiger partial charge in [-0.25, -0.2) is 4.79 Å². The van der Waals surface area contributed by atoms with E-state index in [-0.39, 0.29) is 6.03 Å². The Kier molecular flexibility index (Phi) is 3.98. The van der Waals surface area contributed by atoms with Crippen molar-refractivity contribution in [2.24, 2.45) is 0 Å². The van der Waals surface area contributed by atoms with E-state index in [1.54, 1.807) is 7.05 Å². The summed E-state index contributed by atoms with van der Waals surface area (Å²) in [6, 6.07) is 10.00. The molecule has 1 aromatic rings. The molecule has 0 radical (unpaired) electrons. The normalized spacial score (nSPS) is 11.9. The van der Waals surface area contributed by atoms with Gasteiger partial charge in [-0.2, -0.15) is 0 Å². The lowest BCUT2D eigenvalue weighted by Crippen LogP contribution is -2.35. The van der Waals surface area contributed by atoms with Gasteiger partial charge >= 0.3 is 6.03 Å². The van der Waals surface area contributed by atoms with Crippen molar-refractivity contribution >= 4 is 6.03 Å². The Bertz CT molecular complexity index is 285. The first-order chi connectivity index (χ1) is 6.74. The fraction of sp³-hybridized carbons (Fsp3) is 0.364. The van der Waals surface area contributed by atoms with Crippen LogP contribution in [-0.2, 0) is 0 Å². The third-order valence-electron chi connectivity index (χ3n) is 2.16. The zero-order valence-electron chi connectivity index (χ0n) is 8.58. The van der Waals surface area contributed by atoms with Crippen molar-refractivity contribution in [2.45, 2.75) is 12.8 Å². The minimum absolute atomic E-state index is 0.132. The van der Waals surface area contributed by atoms with Crippen LogP contribution in [0.25, 0.3) is 0 Å². The maximum atomic E-state index is 10.9. The van der Waals surface area contributed by atoms with E-state index in [2.05, 4.69) is 29.7 Å². The Morgan fingerprint density at radius 2 is 2.00 bits per heavy atom. The molecule has 0 spiro atoms. The molecule has 14 heavy (non-hydrogen) atoms. The molecule has 76 valence electrons. The second-order valence-electron chi connectivity index (χ2n) is 3.27. The Hall–Kier alpha value is -1.51. The zero-order valence-corrected chi connectivity index (χ0v) is 8.58. The van der Waals surface area contributed by atoms with Crippen LogP contribution in [0.1, 0.15) is 18.4 Å². The van der Waals surface area contributed by atoms with E-state index in [1.807, 2.05) is 18.2 Å². The van der Waals surface area contributed by atoms with Gasteiger partial charge in [-0.1, -0.05) is 37.3 Å². The fourth-order valence-electron chi connectivity index (χ4n) is 1.23. The van der Waals surface area contributed by atoms with Gasteiger partial charge in [0.25, 0.3) is 0 Å². The standard InChI is InChI=1S/C11H16N2O/c1-9(8-13-11(14)12-2)10-6-4-3-5-7-10/h3-7,9H,8H2,1-2H3,(H2,12,13,14). The van der Waals surface area contributed by atoms with Gasteiger partial charge in [0.05, 0.1) is 0 Å².